The van der Waals surface area contributed by atoms with Gasteiger partial charge >= 0.3 is 20.4 Å². The Morgan fingerprint density at radius 2 is 1.19 bits per heavy atom. The Hall–Kier alpha value is 0.532. The van der Waals surface area contributed by atoms with E-state index in [1.54, 1.807) is 0 Å². The smallest absolute Gasteiger partial charge is 1.00 e. The number of halogens is 1. The van der Waals surface area contributed by atoms with Crippen molar-refractivity contribution in [2.45, 2.75) is 0 Å². The zero-order chi connectivity index (χ0) is 10.8. The molecule has 0 unspecified atom stereocenters. The quantitative estimate of drug-likeness (QED) is 0.333. The monoisotopic (exact) mass is 426 g/mol. The fourth-order valence-corrected chi connectivity index (χ4v) is 0.742. The number of hydrogen-bond donors (Lipinski definition) is 0. The average Bonchev–Trinajstić information content (AvgIpc) is 2.18. The Kier molecular flexibility index (Phi) is 21.1. The van der Waals surface area contributed by atoms with E-state index in [1.165, 1.54) is 0 Å². The first-order chi connectivity index (χ1) is 6.63. The first-order valence-corrected chi connectivity index (χ1v) is 4.83. The molecule has 4 heteroatoms. The molecule has 0 atom stereocenters. The van der Waals surface area contributed by atoms with Gasteiger partial charge in [0.2, 0.25) is 0 Å². The van der Waals surface area contributed by atoms with Gasteiger partial charge in [-0.15, -0.1) is 0 Å². The summed E-state index contributed by atoms with van der Waals surface area (Å²) in [5.41, 5.74) is 0. The van der Waals surface area contributed by atoms with E-state index in [4.69, 9.17) is 0 Å². The molecule has 0 heterocycles. The van der Waals surface area contributed by atoms with E-state index >= 15 is 0 Å². The van der Waals surface area contributed by atoms with Crippen LogP contribution in [0.15, 0.2) is 30.3 Å². The van der Waals surface area contributed by atoms with Crippen LogP contribution in [-0.2, 0) is 20.4 Å². The number of hydrogen-bond acceptors (Lipinski definition) is 2. The van der Waals surface area contributed by atoms with Crippen LogP contribution in [-0.4, -0.2) is 51.1 Å². The zero-order valence-electron chi connectivity index (χ0n) is 10.4. The summed E-state index contributed by atoms with van der Waals surface area (Å²) < 4.78 is 0. The van der Waals surface area contributed by atoms with Crippen LogP contribution in [0.25, 0.3) is 0 Å². The van der Waals surface area contributed by atoms with Crippen molar-refractivity contribution in [3.05, 3.63) is 36.4 Å². The third kappa shape index (κ3) is 20.0. The molecular formula is C12H21IN2Pd. The van der Waals surface area contributed by atoms with Gasteiger partial charge in [-0.05, 0) is 28.2 Å². The minimum Gasteiger partial charge on any atom is -1.00 e. The van der Waals surface area contributed by atoms with E-state index in [1.807, 2.05) is 30.3 Å². The van der Waals surface area contributed by atoms with Gasteiger partial charge in [0.25, 0.3) is 0 Å². The van der Waals surface area contributed by atoms with E-state index in [0.717, 1.165) is 13.1 Å². The number of likely N-dealkylation sites (N-methyl/N-ethyl adjacent to an activating group) is 2. The summed E-state index contributed by atoms with van der Waals surface area (Å²) >= 11 is 0. The van der Waals surface area contributed by atoms with Crippen molar-refractivity contribution in [2.24, 2.45) is 0 Å². The van der Waals surface area contributed by atoms with Crippen molar-refractivity contribution in [3.63, 3.8) is 0 Å². The average molecular weight is 427 g/mol. The minimum atomic E-state index is 0. The molecule has 0 fully saturated rings. The molecule has 1 aromatic carbocycles. The molecule has 1 aromatic rings. The second-order valence-corrected chi connectivity index (χ2v) is 3.68. The molecule has 0 spiro atoms. The van der Waals surface area contributed by atoms with E-state index in [-0.39, 0.29) is 44.4 Å². The summed E-state index contributed by atoms with van der Waals surface area (Å²) in [5, 5.41) is 0. The number of rotatable bonds is 3. The predicted molar refractivity (Wildman–Crippen MR) is 62.4 cm³/mol. The molecule has 0 bridgehead atoms. The van der Waals surface area contributed by atoms with Crippen LogP contribution in [0.2, 0.25) is 0 Å². The molecule has 2 nitrogen and oxygen atoms in total. The Labute approximate surface area is 131 Å². The first-order valence-electron chi connectivity index (χ1n) is 4.83. The van der Waals surface area contributed by atoms with Crippen LogP contribution in [0.5, 0.6) is 0 Å². The predicted octanol–water partition coefficient (Wildman–Crippen LogP) is -1.40. The molecule has 1 rings (SSSR count). The van der Waals surface area contributed by atoms with Crippen molar-refractivity contribution < 1.29 is 44.4 Å². The van der Waals surface area contributed by atoms with Crippen molar-refractivity contribution in [1.29, 1.82) is 0 Å². The van der Waals surface area contributed by atoms with Gasteiger partial charge in [0.1, 0.15) is 0 Å². The van der Waals surface area contributed by atoms with Gasteiger partial charge in [-0.1, -0.05) is 0 Å². The molecule has 0 aromatic heterocycles. The van der Waals surface area contributed by atoms with E-state index < -0.39 is 0 Å². The summed E-state index contributed by atoms with van der Waals surface area (Å²) in [7, 11) is 8.35. The van der Waals surface area contributed by atoms with Crippen molar-refractivity contribution in [2.75, 3.05) is 41.3 Å². The van der Waals surface area contributed by atoms with Crippen LogP contribution in [0.3, 0.4) is 0 Å². The fourth-order valence-electron chi connectivity index (χ4n) is 0.742. The third-order valence-electron chi connectivity index (χ3n) is 1.60. The molecule has 0 amide bonds. The SMILES string of the molecule is CN(C)CCN(C)C.[I-].[Pd+2].[c-]1ccccc1. The van der Waals surface area contributed by atoms with Gasteiger partial charge in [0, 0.05) is 13.1 Å². The molecular weight excluding hydrogens is 405 g/mol. The fraction of sp³-hybridized carbons (Fsp3) is 0.500. The molecule has 0 aliphatic rings. The van der Waals surface area contributed by atoms with Crippen LogP contribution in [0, 0.1) is 6.07 Å². The molecule has 0 saturated carbocycles. The first kappa shape index (κ1) is 21.8. The second kappa shape index (κ2) is 15.5. The molecule has 0 aliphatic heterocycles. The summed E-state index contributed by atoms with van der Waals surface area (Å²) in [6.07, 6.45) is 0. The normalized spacial score (nSPS) is 8.62. The largest absolute Gasteiger partial charge is 2.00 e. The van der Waals surface area contributed by atoms with E-state index in [2.05, 4.69) is 44.1 Å². The Morgan fingerprint density at radius 1 is 0.812 bits per heavy atom. The summed E-state index contributed by atoms with van der Waals surface area (Å²) in [6.45, 7) is 2.29. The Morgan fingerprint density at radius 3 is 1.31 bits per heavy atom. The molecule has 0 radical (unpaired) electrons. The molecule has 16 heavy (non-hydrogen) atoms. The molecule has 96 valence electrons. The van der Waals surface area contributed by atoms with Crippen LogP contribution in [0.4, 0.5) is 0 Å². The summed E-state index contributed by atoms with van der Waals surface area (Å²) in [6, 6.07) is 12.5. The molecule has 0 N–H and O–H groups in total. The maximum Gasteiger partial charge on any atom is 2.00 e. The van der Waals surface area contributed by atoms with Crippen LogP contribution >= 0.6 is 0 Å². The van der Waals surface area contributed by atoms with Gasteiger partial charge in [0.15, 0.2) is 0 Å². The van der Waals surface area contributed by atoms with Gasteiger partial charge in [-0.25, -0.2) is 0 Å². The van der Waals surface area contributed by atoms with Gasteiger partial charge in [0.05, 0.1) is 0 Å². The number of benzene rings is 1. The Bertz CT molecular complexity index is 171. The van der Waals surface area contributed by atoms with Crippen molar-refractivity contribution >= 4 is 0 Å². The van der Waals surface area contributed by atoms with Crippen LogP contribution < -0.4 is 24.0 Å². The number of nitrogens with zero attached hydrogens (tertiary/aromatic N) is 2. The minimum absolute atomic E-state index is 0. The van der Waals surface area contributed by atoms with Gasteiger partial charge < -0.3 is 33.8 Å². The topological polar surface area (TPSA) is 6.48 Å². The van der Waals surface area contributed by atoms with Gasteiger partial charge in [-0.2, -0.15) is 36.4 Å². The summed E-state index contributed by atoms with van der Waals surface area (Å²) in [4.78, 5) is 4.36. The molecule has 0 saturated heterocycles. The van der Waals surface area contributed by atoms with E-state index in [9.17, 15) is 0 Å². The second-order valence-electron chi connectivity index (χ2n) is 3.68. The zero-order valence-corrected chi connectivity index (χ0v) is 14.1. The Balaban J connectivity index is -0.000000192. The van der Waals surface area contributed by atoms with Crippen molar-refractivity contribution in [1.82, 2.24) is 9.80 Å². The van der Waals surface area contributed by atoms with E-state index in [0.29, 0.717) is 0 Å². The van der Waals surface area contributed by atoms with Crippen LogP contribution in [0.1, 0.15) is 0 Å². The van der Waals surface area contributed by atoms with Crippen molar-refractivity contribution in [3.8, 4) is 0 Å². The molecule has 0 aliphatic carbocycles. The third-order valence-corrected chi connectivity index (χ3v) is 1.60. The standard InChI is InChI=1S/C6H16N2.C6H5.HI.Pd/c1-7(2)5-6-8(3)4;1-2-4-6-5-3-1;;/h5-6H2,1-4H3;1-5H;1H;/q;-1;;+2/p-1. The summed E-state index contributed by atoms with van der Waals surface area (Å²) in [5.74, 6) is 0. The van der Waals surface area contributed by atoms with Gasteiger partial charge in [-0.3, -0.25) is 0 Å². The maximum atomic E-state index is 2.89. The maximum absolute atomic E-state index is 2.89.